The van der Waals surface area contributed by atoms with Crippen molar-refractivity contribution in [1.29, 1.82) is 0 Å². The zero-order chi connectivity index (χ0) is 23.2. The summed E-state index contributed by atoms with van der Waals surface area (Å²) in [5.74, 6) is 0.565. The number of hydrogen-bond donors (Lipinski definition) is 1. The lowest BCUT2D eigenvalue weighted by molar-refractivity contribution is -0.130. The standard InChI is InChI=1S/C24H19ClN2O6/c1-30-21-12-15(10-11-20(21)33-24(29)16-6-2-3-7-17(16)25)13-26-27-23(28)22-14-31-18-8-4-5-9-19(18)32-22/h2-13,22H,14H2,1H3,(H,27,28)/b26-13-/t22-/m1/s1. The van der Waals surface area contributed by atoms with Gasteiger partial charge in [-0.2, -0.15) is 5.10 Å². The molecule has 0 unspecified atom stereocenters. The molecule has 3 aromatic carbocycles. The first-order chi connectivity index (χ1) is 16.0. The average molecular weight is 467 g/mol. The Hall–Kier alpha value is -4.04. The van der Waals surface area contributed by atoms with Gasteiger partial charge in [0.25, 0.3) is 5.91 Å². The Kier molecular flexibility index (Phi) is 6.75. The predicted octanol–water partition coefficient (Wildman–Crippen LogP) is 3.86. The maximum absolute atomic E-state index is 12.4. The van der Waals surface area contributed by atoms with Gasteiger partial charge in [0.2, 0.25) is 6.10 Å². The van der Waals surface area contributed by atoms with Crippen LogP contribution in [0.1, 0.15) is 15.9 Å². The van der Waals surface area contributed by atoms with Crippen LogP contribution >= 0.6 is 11.6 Å². The zero-order valence-corrected chi connectivity index (χ0v) is 18.2. The summed E-state index contributed by atoms with van der Waals surface area (Å²) < 4.78 is 21.9. The second-order valence-electron chi connectivity index (χ2n) is 6.88. The molecule has 0 spiro atoms. The van der Waals surface area contributed by atoms with E-state index >= 15 is 0 Å². The lowest BCUT2D eigenvalue weighted by Crippen LogP contribution is -2.42. The van der Waals surface area contributed by atoms with E-state index in [1.165, 1.54) is 13.3 Å². The first kappa shape index (κ1) is 22.2. The molecule has 1 N–H and O–H groups in total. The van der Waals surface area contributed by atoms with Crippen molar-refractivity contribution in [2.75, 3.05) is 13.7 Å². The van der Waals surface area contributed by atoms with E-state index in [9.17, 15) is 9.59 Å². The van der Waals surface area contributed by atoms with E-state index in [4.69, 9.17) is 30.5 Å². The number of halogens is 1. The molecule has 0 aromatic heterocycles. The lowest BCUT2D eigenvalue weighted by Gasteiger charge is -2.24. The normalized spacial score (nSPS) is 14.5. The number of esters is 1. The molecule has 8 nitrogen and oxygen atoms in total. The molecule has 1 aliphatic rings. The molecule has 0 bridgehead atoms. The monoisotopic (exact) mass is 466 g/mol. The number of nitrogens with zero attached hydrogens (tertiary/aromatic N) is 1. The second-order valence-corrected chi connectivity index (χ2v) is 7.29. The molecule has 4 rings (SSSR count). The van der Waals surface area contributed by atoms with Crippen molar-refractivity contribution in [2.24, 2.45) is 5.10 Å². The van der Waals surface area contributed by atoms with Crippen LogP contribution in [0.2, 0.25) is 5.02 Å². The van der Waals surface area contributed by atoms with E-state index in [-0.39, 0.29) is 22.9 Å². The second kappa shape index (κ2) is 10.1. The number of nitrogens with one attached hydrogen (secondary N) is 1. The third kappa shape index (κ3) is 5.24. The van der Waals surface area contributed by atoms with Gasteiger partial charge in [-0.25, -0.2) is 10.2 Å². The van der Waals surface area contributed by atoms with Gasteiger partial charge in [-0.05, 0) is 48.0 Å². The van der Waals surface area contributed by atoms with Gasteiger partial charge in [-0.1, -0.05) is 35.9 Å². The maximum atomic E-state index is 12.4. The molecule has 0 aliphatic carbocycles. The summed E-state index contributed by atoms with van der Waals surface area (Å²) >= 11 is 6.05. The smallest absolute Gasteiger partial charge is 0.345 e. The fourth-order valence-corrected chi connectivity index (χ4v) is 3.23. The third-order valence-electron chi connectivity index (χ3n) is 4.67. The summed E-state index contributed by atoms with van der Waals surface area (Å²) in [4.78, 5) is 24.7. The van der Waals surface area contributed by atoms with Crippen molar-refractivity contribution in [3.63, 3.8) is 0 Å². The molecular formula is C24H19ClN2O6. The van der Waals surface area contributed by atoms with Crippen LogP contribution in [0.5, 0.6) is 23.0 Å². The molecule has 0 radical (unpaired) electrons. The Morgan fingerprint density at radius 2 is 1.82 bits per heavy atom. The molecule has 168 valence electrons. The molecule has 1 heterocycles. The van der Waals surface area contributed by atoms with Crippen molar-refractivity contribution in [3.05, 3.63) is 82.9 Å². The molecule has 1 aliphatic heterocycles. The molecular weight excluding hydrogens is 448 g/mol. The Morgan fingerprint density at radius 3 is 2.61 bits per heavy atom. The van der Waals surface area contributed by atoms with Gasteiger partial charge in [0.1, 0.15) is 6.61 Å². The SMILES string of the molecule is COc1cc(/C=N\NC(=O)[C@H]2COc3ccccc3O2)ccc1OC(=O)c1ccccc1Cl. The number of ether oxygens (including phenoxy) is 4. The summed E-state index contributed by atoms with van der Waals surface area (Å²) in [5.41, 5.74) is 3.28. The number of fused-ring (bicyclic) bond motifs is 1. The number of benzene rings is 3. The highest BCUT2D eigenvalue weighted by Gasteiger charge is 2.27. The van der Waals surface area contributed by atoms with E-state index in [1.54, 1.807) is 60.7 Å². The topological polar surface area (TPSA) is 95.5 Å². The van der Waals surface area contributed by atoms with Crippen LogP contribution in [0, 0.1) is 0 Å². The van der Waals surface area contributed by atoms with E-state index in [2.05, 4.69) is 10.5 Å². The van der Waals surface area contributed by atoms with Gasteiger partial charge in [-0.15, -0.1) is 0 Å². The summed E-state index contributed by atoms with van der Waals surface area (Å²) in [5, 5.41) is 4.25. The highest BCUT2D eigenvalue weighted by Crippen LogP contribution is 2.31. The van der Waals surface area contributed by atoms with E-state index in [0.29, 0.717) is 22.8 Å². The predicted molar refractivity (Wildman–Crippen MR) is 121 cm³/mol. The number of carbonyl (C=O) groups excluding carboxylic acids is 2. The first-order valence-corrected chi connectivity index (χ1v) is 10.3. The van der Waals surface area contributed by atoms with Gasteiger partial charge in [0.05, 0.1) is 23.9 Å². The van der Waals surface area contributed by atoms with Crippen molar-refractivity contribution >= 4 is 29.7 Å². The highest BCUT2D eigenvalue weighted by atomic mass is 35.5. The number of methoxy groups -OCH3 is 1. The fraction of sp³-hybridized carbons (Fsp3) is 0.125. The van der Waals surface area contributed by atoms with Crippen LogP contribution in [0.25, 0.3) is 0 Å². The highest BCUT2D eigenvalue weighted by molar-refractivity contribution is 6.33. The Bertz CT molecular complexity index is 1210. The summed E-state index contributed by atoms with van der Waals surface area (Å²) in [6.45, 7) is 0.0810. The molecule has 0 saturated carbocycles. The van der Waals surface area contributed by atoms with Crippen LogP contribution < -0.4 is 24.4 Å². The van der Waals surface area contributed by atoms with Crippen molar-refractivity contribution < 1.29 is 28.5 Å². The van der Waals surface area contributed by atoms with Gasteiger partial charge in [-0.3, -0.25) is 4.79 Å². The summed E-state index contributed by atoms with van der Waals surface area (Å²) in [6.07, 6.45) is 0.607. The molecule has 1 atom stereocenters. The number of rotatable bonds is 6. The third-order valence-corrected chi connectivity index (χ3v) is 5.00. The Balaban J connectivity index is 1.38. The first-order valence-electron chi connectivity index (χ1n) is 9.91. The van der Waals surface area contributed by atoms with Crippen LogP contribution in [0.15, 0.2) is 71.8 Å². The molecule has 0 saturated heterocycles. The number of carbonyl (C=O) groups is 2. The maximum Gasteiger partial charge on any atom is 0.345 e. The molecule has 0 fully saturated rings. The largest absolute Gasteiger partial charge is 0.493 e. The van der Waals surface area contributed by atoms with Crippen LogP contribution in [-0.4, -0.2) is 37.9 Å². The number of hydrogen-bond acceptors (Lipinski definition) is 7. The Morgan fingerprint density at radius 1 is 1.06 bits per heavy atom. The van der Waals surface area contributed by atoms with E-state index in [1.807, 2.05) is 6.07 Å². The van der Waals surface area contributed by atoms with Gasteiger partial charge >= 0.3 is 5.97 Å². The van der Waals surface area contributed by atoms with E-state index in [0.717, 1.165) is 0 Å². The minimum absolute atomic E-state index is 0.0810. The molecule has 33 heavy (non-hydrogen) atoms. The number of para-hydroxylation sites is 2. The number of amides is 1. The number of hydrazone groups is 1. The van der Waals surface area contributed by atoms with Crippen LogP contribution in [0.4, 0.5) is 0 Å². The van der Waals surface area contributed by atoms with Crippen molar-refractivity contribution in [1.82, 2.24) is 5.43 Å². The quantitative estimate of drug-likeness (QED) is 0.256. The fourth-order valence-electron chi connectivity index (χ4n) is 3.02. The molecule has 9 heteroatoms. The zero-order valence-electron chi connectivity index (χ0n) is 17.5. The minimum Gasteiger partial charge on any atom is -0.493 e. The lowest BCUT2D eigenvalue weighted by atomic mass is 10.2. The van der Waals surface area contributed by atoms with Crippen LogP contribution in [0.3, 0.4) is 0 Å². The van der Waals surface area contributed by atoms with Gasteiger partial charge in [0.15, 0.2) is 23.0 Å². The molecule has 3 aromatic rings. The average Bonchev–Trinajstić information content (AvgIpc) is 2.84. The Labute approximate surface area is 194 Å². The van der Waals surface area contributed by atoms with Crippen LogP contribution in [-0.2, 0) is 4.79 Å². The van der Waals surface area contributed by atoms with Crippen molar-refractivity contribution in [3.8, 4) is 23.0 Å². The summed E-state index contributed by atoms with van der Waals surface area (Å²) in [6, 6.07) is 18.5. The van der Waals surface area contributed by atoms with Gasteiger partial charge < -0.3 is 18.9 Å². The van der Waals surface area contributed by atoms with Gasteiger partial charge in [0, 0.05) is 0 Å². The molecule has 1 amide bonds. The summed E-state index contributed by atoms with van der Waals surface area (Å²) in [7, 11) is 1.45. The minimum atomic E-state index is -0.821. The van der Waals surface area contributed by atoms with E-state index < -0.39 is 18.0 Å². The van der Waals surface area contributed by atoms with Crippen molar-refractivity contribution in [2.45, 2.75) is 6.10 Å².